The molecule has 3 rings (SSSR count). The Bertz CT molecular complexity index is 981. The summed E-state index contributed by atoms with van der Waals surface area (Å²) in [5, 5.41) is 11.4. The summed E-state index contributed by atoms with van der Waals surface area (Å²) in [4.78, 5) is 26.3. The molecule has 0 bridgehead atoms. The van der Waals surface area contributed by atoms with Crippen LogP contribution in [0.4, 0.5) is 18.9 Å². The van der Waals surface area contributed by atoms with Gasteiger partial charge in [0.05, 0.1) is 12.4 Å². The Balaban J connectivity index is 1.98. The van der Waals surface area contributed by atoms with Gasteiger partial charge in [-0.15, -0.1) is 0 Å². The monoisotopic (exact) mass is 414 g/mol. The van der Waals surface area contributed by atoms with Gasteiger partial charge < -0.3 is 10.6 Å². The molecule has 1 aromatic heterocycles. The summed E-state index contributed by atoms with van der Waals surface area (Å²) < 4.78 is 39.2. The highest BCUT2D eigenvalue weighted by Crippen LogP contribution is 2.26. The second-order valence-corrected chi connectivity index (χ2v) is 6.50. The van der Waals surface area contributed by atoms with E-state index in [1.54, 1.807) is 5.32 Å². The summed E-state index contributed by atoms with van der Waals surface area (Å²) in [5.74, 6) is -2.13. The lowest BCUT2D eigenvalue weighted by molar-refractivity contribution is -0.167. The van der Waals surface area contributed by atoms with Gasteiger partial charge in [0.1, 0.15) is 0 Å². The van der Waals surface area contributed by atoms with Gasteiger partial charge in [-0.3, -0.25) is 24.2 Å². The van der Waals surface area contributed by atoms with Crippen molar-refractivity contribution in [2.45, 2.75) is 12.8 Å². The second-order valence-electron chi connectivity index (χ2n) is 6.12. The van der Waals surface area contributed by atoms with Crippen LogP contribution in [0, 0.1) is 4.77 Å². The van der Waals surface area contributed by atoms with E-state index in [1.165, 1.54) is 28.8 Å². The largest absolute Gasteiger partial charge is 0.471 e. The molecule has 1 aliphatic heterocycles. The number of nitrogens with one attached hydrogen (secondary N) is 3. The summed E-state index contributed by atoms with van der Waals surface area (Å²) in [7, 11) is 0. The van der Waals surface area contributed by atoms with Crippen molar-refractivity contribution in [3.05, 3.63) is 39.4 Å². The van der Waals surface area contributed by atoms with Gasteiger partial charge >= 0.3 is 12.1 Å². The predicted molar refractivity (Wildman–Crippen MR) is 98.2 cm³/mol. The highest BCUT2D eigenvalue weighted by atomic mass is 32.1. The normalized spacial score (nSPS) is 15.4. The second kappa shape index (κ2) is 8.20. The van der Waals surface area contributed by atoms with Gasteiger partial charge in [0.25, 0.3) is 5.56 Å². The number of benzene rings is 1. The molecule has 1 fully saturated rings. The summed E-state index contributed by atoms with van der Waals surface area (Å²) in [5.41, 5.74) is -0.808. The van der Waals surface area contributed by atoms with Crippen molar-refractivity contribution >= 4 is 23.8 Å². The fourth-order valence-electron chi connectivity index (χ4n) is 2.78. The predicted octanol–water partition coefficient (Wildman–Crippen LogP) is 1.33. The Morgan fingerprint density at radius 1 is 1.25 bits per heavy atom. The fourth-order valence-corrected chi connectivity index (χ4v) is 2.97. The Hall–Kier alpha value is -2.57. The first kappa shape index (κ1) is 20.2. The third-order valence-corrected chi connectivity index (χ3v) is 4.51. The third-order valence-electron chi connectivity index (χ3n) is 4.20. The lowest BCUT2D eigenvalue weighted by atomic mass is 10.1. The van der Waals surface area contributed by atoms with Gasteiger partial charge in [0, 0.05) is 31.7 Å². The molecule has 0 radical (unpaired) electrons. The van der Waals surface area contributed by atoms with E-state index < -0.39 is 17.6 Å². The number of anilines is 1. The summed E-state index contributed by atoms with van der Waals surface area (Å²) in [6.45, 7) is 3.21. The van der Waals surface area contributed by atoms with E-state index in [0.717, 1.165) is 26.2 Å². The molecule has 1 amide bonds. The number of hydrogen-bond donors (Lipinski definition) is 3. The van der Waals surface area contributed by atoms with Gasteiger partial charge in [0.15, 0.2) is 10.5 Å². The van der Waals surface area contributed by atoms with Crippen LogP contribution in [0.3, 0.4) is 0 Å². The van der Waals surface area contributed by atoms with E-state index in [1.807, 2.05) is 4.90 Å². The van der Waals surface area contributed by atoms with Crippen molar-refractivity contribution < 1.29 is 18.0 Å². The molecule has 0 saturated carbocycles. The first-order valence-corrected chi connectivity index (χ1v) is 8.78. The van der Waals surface area contributed by atoms with Crippen LogP contribution < -0.4 is 16.2 Å². The summed E-state index contributed by atoms with van der Waals surface area (Å²) in [6, 6.07) is 5.64. The molecule has 8 nitrogen and oxygen atoms in total. The molecule has 1 aliphatic rings. The van der Waals surface area contributed by atoms with Crippen LogP contribution in [0.1, 0.15) is 0 Å². The van der Waals surface area contributed by atoms with Gasteiger partial charge in [0.2, 0.25) is 0 Å². The number of hydrogen-bond acceptors (Lipinski definition) is 6. The molecule has 2 aromatic rings. The average molecular weight is 414 g/mol. The quantitative estimate of drug-likeness (QED) is 0.654. The van der Waals surface area contributed by atoms with Crippen LogP contribution in [0.2, 0.25) is 0 Å². The van der Waals surface area contributed by atoms with Crippen LogP contribution in [0.25, 0.3) is 11.3 Å². The minimum absolute atomic E-state index is 0.0606. The van der Waals surface area contributed by atoms with Crippen LogP contribution in [-0.4, -0.2) is 57.9 Å². The lowest BCUT2D eigenvalue weighted by Crippen LogP contribution is -2.45. The van der Waals surface area contributed by atoms with Crippen molar-refractivity contribution in [2.24, 2.45) is 0 Å². The standard InChI is InChI=1S/C16H17F3N6O2S/c17-16(18,19)14(27)21-11-4-2-1-3-10(11)12-13(26)25(15(28)23-22-12)9-24-7-5-20-6-8-24/h1-4,20H,5-9H2,(H,21,27)(H,23,28). The maximum Gasteiger partial charge on any atom is 0.471 e. The Morgan fingerprint density at radius 3 is 2.61 bits per heavy atom. The number of aromatic nitrogens is 3. The minimum Gasteiger partial charge on any atom is -0.318 e. The van der Waals surface area contributed by atoms with E-state index in [2.05, 4.69) is 15.5 Å². The molecule has 0 spiro atoms. The molecule has 0 unspecified atom stereocenters. The van der Waals surface area contributed by atoms with Crippen molar-refractivity contribution in [2.75, 3.05) is 31.5 Å². The Labute approximate surface area is 162 Å². The molecule has 1 saturated heterocycles. The van der Waals surface area contributed by atoms with Crippen molar-refractivity contribution in [1.82, 2.24) is 25.0 Å². The van der Waals surface area contributed by atoms with Crippen LogP contribution in [-0.2, 0) is 11.5 Å². The average Bonchev–Trinajstić information content (AvgIpc) is 2.66. The zero-order valence-electron chi connectivity index (χ0n) is 14.5. The van der Waals surface area contributed by atoms with E-state index >= 15 is 0 Å². The lowest BCUT2D eigenvalue weighted by Gasteiger charge is -2.27. The van der Waals surface area contributed by atoms with E-state index in [9.17, 15) is 22.8 Å². The Kier molecular flexibility index (Phi) is 5.91. The fraction of sp³-hybridized carbons (Fsp3) is 0.375. The van der Waals surface area contributed by atoms with E-state index in [4.69, 9.17) is 12.2 Å². The van der Waals surface area contributed by atoms with Crippen LogP contribution >= 0.6 is 12.2 Å². The number of piperazine rings is 1. The molecule has 1 aromatic carbocycles. The highest BCUT2D eigenvalue weighted by Gasteiger charge is 2.39. The van der Waals surface area contributed by atoms with Gasteiger partial charge in [-0.1, -0.05) is 18.2 Å². The smallest absolute Gasteiger partial charge is 0.318 e. The number of para-hydroxylation sites is 1. The number of rotatable bonds is 4. The number of nitrogens with zero attached hydrogens (tertiary/aromatic N) is 3. The zero-order chi connectivity index (χ0) is 20.3. The third kappa shape index (κ3) is 4.46. The molecular formula is C16H17F3N6O2S. The zero-order valence-corrected chi connectivity index (χ0v) is 15.4. The van der Waals surface area contributed by atoms with Gasteiger partial charge in [-0.2, -0.15) is 18.3 Å². The summed E-state index contributed by atoms with van der Waals surface area (Å²) in [6.07, 6.45) is -5.06. The van der Waals surface area contributed by atoms with E-state index in [-0.39, 0.29) is 28.4 Å². The maximum atomic E-state index is 12.9. The molecule has 150 valence electrons. The number of alkyl halides is 3. The SMILES string of the molecule is O=C(Nc1ccccc1-c1n[nH]c(=S)n(CN2CCNCC2)c1=O)C(F)(F)F. The molecule has 28 heavy (non-hydrogen) atoms. The Morgan fingerprint density at radius 2 is 1.93 bits per heavy atom. The van der Waals surface area contributed by atoms with Crippen molar-refractivity contribution in [3.8, 4) is 11.3 Å². The maximum absolute atomic E-state index is 12.9. The minimum atomic E-state index is -5.06. The number of H-pyrrole nitrogens is 1. The van der Waals surface area contributed by atoms with Gasteiger partial charge in [-0.25, -0.2) is 0 Å². The number of amides is 1. The number of carbonyl (C=O) groups excluding carboxylic acids is 1. The van der Waals surface area contributed by atoms with Crippen LogP contribution in [0.5, 0.6) is 0 Å². The molecule has 0 aliphatic carbocycles. The number of carbonyl (C=O) groups is 1. The number of halogens is 3. The van der Waals surface area contributed by atoms with Crippen LogP contribution in [0.15, 0.2) is 29.1 Å². The first-order chi connectivity index (χ1) is 13.3. The van der Waals surface area contributed by atoms with Crippen molar-refractivity contribution in [3.63, 3.8) is 0 Å². The first-order valence-electron chi connectivity index (χ1n) is 8.37. The number of aromatic amines is 1. The van der Waals surface area contributed by atoms with Gasteiger partial charge in [-0.05, 0) is 18.3 Å². The molecule has 12 heteroatoms. The topological polar surface area (TPSA) is 95.1 Å². The van der Waals surface area contributed by atoms with Crippen molar-refractivity contribution in [1.29, 1.82) is 0 Å². The molecule has 0 atom stereocenters. The molecular weight excluding hydrogens is 397 g/mol. The molecule has 3 N–H and O–H groups in total. The molecule has 2 heterocycles. The summed E-state index contributed by atoms with van der Waals surface area (Å²) >= 11 is 5.15. The van der Waals surface area contributed by atoms with E-state index in [0.29, 0.717) is 0 Å². The highest BCUT2D eigenvalue weighted by molar-refractivity contribution is 7.71.